The second-order valence-corrected chi connectivity index (χ2v) is 5.59. The molecule has 8 nitrogen and oxygen atoms in total. The molecule has 1 aromatic heterocycles. The number of ether oxygens (including phenoxy) is 2. The third-order valence-corrected chi connectivity index (χ3v) is 3.52. The van der Waals surface area contributed by atoms with Crippen LogP contribution < -0.4 is 10.1 Å². The lowest BCUT2D eigenvalue weighted by Gasteiger charge is -2.07. The zero-order valence-corrected chi connectivity index (χ0v) is 15.4. The van der Waals surface area contributed by atoms with Gasteiger partial charge in [0.05, 0.1) is 12.2 Å². The molecule has 1 heterocycles. The first-order valence-electron chi connectivity index (χ1n) is 8.15. The fraction of sp³-hybridized carbons (Fsp3) is 0.263. The van der Waals surface area contributed by atoms with Crippen LogP contribution in [0.15, 0.2) is 28.7 Å². The fourth-order valence-electron chi connectivity index (χ4n) is 2.47. The first kappa shape index (κ1) is 19.9. The number of carbonyl (C=O) groups is 4. The maximum absolute atomic E-state index is 12.5. The first-order chi connectivity index (χ1) is 12.7. The first-order valence-corrected chi connectivity index (χ1v) is 8.15. The maximum Gasteiger partial charge on any atom is 0.344 e. The molecular weight excluding hydrogens is 354 g/mol. The van der Waals surface area contributed by atoms with Crippen molar-refractivity contribution < 1.29 is 33.1 Å². The van der Waals surface area contributed by atoms with E-state index in [1.807, 2.05) is 0 Å². The Balaban J connectivity index is 2.32. The molecular formula is C19H19NO7. The topological polar surface area (TPSA) is 112 Å². The lowest BCUT2D eigenvalue weighted by Crippen LogP contribution is -2.16. The van der Waals surface area contributed by atoms with Crippen molar-refractivity contribution in [2.45, 2.75) is 27.7 Å². The molecule has 8 heteroatoms. The predicted octanol–water partition coefficient (Wildman–Crippen LogP) is 3.14. The van der Waals surface area contributed by atoms with Crippen molar-refractivity contribution in [2.75, 3.05) is 11.9 Å². The van der Waals surface area contributed by atoms with Crippen LogP contribution in [-0.4, -0.2) is 30.2 Å². The lowest BCUT2D eigenvalue weighted by atomic mass is 10.1. The van der Waals surface area contributed by atoms with Gasteiger partial charge in [-0.15, -0.1) is 0 Å². The molecule has 0 aliphatic heterocycles. The van der Waals surface area contributed by atoms with Gasteiger partial charge in [0, 0.05) is 12.5 Å². The Bertz CT molecular complexity index is 894. The number of rotatable bonds is 6. The summed E-state index contributed by atoms with van der Waals surface area (Å²) in [6, 6.07) is 5.80. The number of benzene rings is 1. The van der Waals surface area contributed by atoms with Crippen molar-refractivity contribution in [2.24, 2.45) is 0 Å². The molecule has 0 aliphatic rings. The molecule has 1 aromatic carbocycles. The molecule has 0 atom stereocenters. The van der Waals surface area contributed by atoms with Gasteiger partial charge in [0.25, 0.3) is 5.91 Å². The number of anilines is 1. The van der Waals surface area contributed by atoms with Crippen LogP contribution >= 0.6 is 0 Å². The maximum atomic E-state index is 12.5. The Morgan fingerprint density at radius 1 is 1.04 bits per heavy atom. The number of esters is 2. The summed E-state index contributed by atoms with van der Waals surface area (Å²) in [5, 5.41) is 2.48. The minimum atomic E-state index is -0.764. The zero-order chi connectivity index (χ0) is 20.1. The Kier molecular flexibility index (Phi) is 6.12. The molecule has 0 unspecified atom stereocenters. The van der Waals surface area contributed by atoms with Crippen LogP contribution in [-0.2, 0) is 9.53 Å². The summed E-state index contributed by atoms with van der Waals surface area (Å²) < 4.78 is 15.3. The van der Waals surface area contributed by atoms with Gasteiger partial charge in [-0.3, -0.25) is 19.7 Å². The van der Waals surface area contributed by atoms with Crippen molar-refractivity contribution in [3.63, 3.8) is 0 Å². The molecule has 0 radical (unpaired) electrons. The average Bonchev–Trinajstić information content (AvgIpc) is 2.91. The molecule has 2 aromatic rings. The molecule has 2 rings (SSSR count). The number of carbonyl (C=O) groups excluding carboxylic acids is 4. The van der Waals surface area contributed by atoms with Gasteiger partial charge in [0.15, 0.2) is 5.78 Å². The smallest absolute Gasteiger partial charge is 0.344 e. The van der Waals surface area contributed by atoms with E-state index in [4.69, 9.17) is 13.9 Å². The molecule has 1 amide bonds. The molecule has 27 heavy (non-hydrogen) atoms. The Morgan fingerprint density at radius 2 is 1.67 bits per heavy atom. The number of amides is 1. The van der Waals surface area contributed by atoms with E-state index >= 15 is 0 Å². The summed E-state index contributed by atoms with van der Waals surface area (Å²) in [6.45, 7) is 5.80. The molecule has 0 saturated carbocycles. The number of nitrogens with one attached hydrogen (secondary N) is 1. The monoisotopic (exact) mass is 373 g/mol. The van der Waals surface area contributed by atoms with Crippen LogP contribution in [0.3, 0.4) is 0 Å². The van der Waals surface area contributed by atoms with Gasteiger partial charge in [-0.2, -0.15) is 0 Å². The van der Waals surface area contributed by atoms with Crippen molar-refractivity contribution in [3.05, 3.63) is 46.7 Å². The van der Waals surface area contributed by atoms with Gasteiger partial charge in [0.2, 0.25) is 5.88 Å². The van der Waals surface area contributed by atoms with Gasteiger partial charge in [-0.25, -0.2) is 4.79 Å². The molecule has 0 fully saturated rings. The van der Waals surface area contributed by atoms with E-state index in [1.54, 1.807) is 6.92 Å². The Hall–Kier alpha value is -3.42. The summed E-state index contributed by atoms with van der Waals surface area (Å²) in [7, 11) is 0. The van der Waals surface area contributed by atoms with Crippen molar-refractivity contribution in [1.29, 1.82) is 0 Å². The van der Waals surface area contributed by atoms with E-state index in [9.17, 15) is 19.2 Å². The normalized spacial score (nSPS) is 10.2. The van der Waals surface area contributed by atoms with E-state index in [2.05, 4.69) is 5.32 Å². The number of Topliss-reactive ketones (excluding diaryl/α,β-unsaturated/α-hetero) is 1. The SMILES string of the molecule is CCOC(=O)c1c(NC(=O)c2ccc(OC(C)=O)cc2)oc(C)c1C(C)=O. The highest BCUT2D eigenvalue weighted by molar-refractivity contribution is 6.12. The summed E-state index contributed by atoms with van der Waals surface area (Å²) in [5.41, 5.74) is 0.180. The summed E-state index contributed by atoms with van der Waals surface area (Å²) in [6.07, 6.45) is 0. The van der Waals surface area contributed by atoms with Crippen LogP contribution in [0.25, 0.3) is 0 Å². The van der Waals surface area contributed by atoms with Gasteiger partial charge >= 0.3 is 11.9 Å². The summed E-state index contributed by atoms with van der Waals surface area (Å²) in [4.78, 5) is 47.5. The van der Waals surface area contributed by atoms with Crippen LogP contribution in [0.5, 0.6) is 5.75 Å². The minimum absolute atomic E-state index is 0.0638. The van der Waals surface area contributed by atoms with Crippen LogP contribution in [0.1, 0.15) is 57.6 Å². The average molecular weight is 373 g/mol. The minimum Gasteiger partial charge on any atom is -0.462 e. The number of ketones is 1. The predicted molar refractivity (Wildman–Crippen MR) is 95.1 cm³/mol. The van der Waals surface area contributed by atoms with E-state index in [0.717, 1.165) is 0 Å². The van der Waals surface area contributed by atoms with Gasteiger partial charge in [-0.1, -0.05) is 0 Å². The van der Waals surface area contributed by atoms with Crippen molar-refractivity contribution >= 4 is 29.5 Å². The molecule has 0 saturated heterocycles. The third-order valence-electron chi connectivity index (χ3n) is 3.52. The molecule has 0 bridgehead atoms. The van der Waals surface area contributed by atoms with Crippen molar-refractivity contribution in [3.8, 4) is 5.75 Å². The quantitative estimate of drug-likeness (QED) is 0.470. The Labute approximate surface area is 155 Å². The van der Waals surface area contributed by atoms with Gasteiger partial charge < -0.3 is 13.9 Å². The second kappa shape index (κ2) is 8.31. The standard InChI is InChI=1S/C19H19NO7/c1-5-25-19(24)16-15(10(2)21)11(3)26-18(16)20-17(23)13-6-8-14(9-7-13)27-12(4)22/h6-9H,5H2,1-4H3,(H,20,23). The Morgan fingerprint density at radius 3 is 2.19 bits per heavy atom. The highest BCUT2D eigenvalue weighted by atomic mass is 16.5. The molecule has 0 aliphatic carbocycles. The zero-order valence-electron chi connectivity index (χ0n) is 15.4. The summed E-state index contributed by atoms with van der Waals surface area (Å²) in [5.74, 6) is -1.87. The van der Waals surface area contributed by atoms with E-state index in [-0.39, 0.29) is 40.7 Å². The molecule has 142 valence electrons. The molecule has 1 N–H and O–H groups in total. The van der Waals surface area contributed by atoms with E-state index < -0.39 is 17.8 Å². The lowest BCUT2D eigenvalue weighted by molar-refractivity contribution is -0.131. The summed E-state index contributed by atoms with van der Waals surface area (Å²) >= 11 is 0. The van der Waals surface area contributed by atoms with Gasteiger partial charge in [-0.05, 0) is 45.0 Å². The molecule has 0 spiro atoms. The third kappa shape index (κ3) is 4.60. The number of hydrogen-bond donors (Lipinski definition) is 1. The number of furan rings is 1. The largest absolute Gasteiger partial charge is 0.462 e. The fourth-order valence-corrected chi connectivity index (χ4v) is 2.47. The highest BCUT2D eigenvalue weighted by Gasteiger charge is 2.28. The van der Waals surface area contributed by atoms with E-state index in [1.165, 1.54) is 45.0 Å². The number of aryl methyl sites for hydroxylation is 1. The van der Waals surface area contributed by atoms with Crippen LogP contribution in [0, 0.1) is 6.92 Å². The second-order valence-electron chi connectivity index (χ2n) is 5.59. The van der Waals surface area contributed by atoms with Crippen LogP contribution in [0.4, 0.5) is 5.88 Å². The van der Waals surface area contributed by atoms with E-state index in [0.29, 0.717) is 5.75 Å². The highest BCUT2D eigenvalue weighted by Crippen LogP contribution is 2.29. The van der Waals surface area contributed by atoms with Crippen LogP contribution in [0.2, 0.25) is 0 Å². The van der Waals surface area contributed by atoms with Gasteiger partial charge in [0.1, 0.15) is 17.1 Å². The van der Waals surface area contributed by atoms with Crippen molar-refractivity contribution in [1.82, 2.24) is 0 Å². The number of hydrogen-bond acceptors (Lipinski definition) is 7.